The quantitative estimate of drug-likeness (QED) is 0.589. The number of esters is 1. The second-order valence-corrected chi connectivity index (χ2v) is 4.16. The fraction of sp³-hybridized carbons (Fsp3) is 0.444. The Kier molecular flexibility index (Phi) is 18.6. The summed E-state index contributed by atoms with van der Waals surface area (Å²) in [4.78, 5) is 21.2. The number of benzene rings is 1. The van der Waals surface area contributed by atoms with Gasteiger partial charge in [-0.3, -0.25) is 4.79 Å². The van der Waals surface area contributed by atoms with Crippen molar-refractivity contribution in [1.82, 2.24) is 5.32 Å². The van der Waals surface area contributed by atoms with Crippen LogP contribution in [-0.2, 0) is 20.9 Å². The first kappa shape index (κ1) is 23.9. The van der Waals surface area contributed by atoms with Gasteiger partial charge in [0.15, 0.2) is 0 Å². The van der Waals surface area contributed by atoms with Crippen molar-refractivity contribution in [3.05, 3.63) is 48.6 Å². The lowest BCUT2D eigenvalue weighted by molar-refractivity contribution is -0.140. The average Bonchev–Trinajstić information content (AvgIpc) is 2.65. The maximum absolute atomic E-state index is 11.0. The SMILES string of the molecule is C=CCOC(=O)CN.CC.CCCNC(=O)OCc1ccccc1. The van der Waals surface area contributed by atoms with Crippen molar-refractivity contribution in [3.63, 3.8) is 0 Å². The zero-order valence-electron chi connectivity index (χ0n) is 14.9. The number of rotatable bonds is 7. The Labute approximate surface area is 145 Å². The van der Waals surface area contributed by atoms with E-state index >= 15 is 0 Å². The molecular formula is C18H30N2O4. The van der Waals surface area contributed by atoms with Gasteiger partial charge in [0.2, 0.25) is 0 Å². The van der Waals surface area contributed by atoms with Crippen LogP contribution in [0, 0.1) is 0 Å². The van der Waals surface area contributed by atoms with Crippen molar-refractivity contribution in [2.24, 2.45) is 5.73 Å². The van der Waals surface area contributed by atoms with Gasteiger partial charge in [-0.2, -0.15) is 0 Å². The van der Waals surface area contributed by atoms with E-state index in [0.29, 0.717) is 13.2 Å². The summed E-state index contributed by atoms with van der Waals surface area (Å²) in [5.41, 5.74) is 5.90. The Hall–Kier alpha value is -2.34. The minimum atomic E-state index is -0.398. The minimum Gasteiger partial charge on any atom is -0.461 e. The largest absolute Gasteiger partial charge is 0.461 e. The molecule has 1 aromatic carbocycles. The third kappa shape index (κ3) is 16.0. The summed E-state index contributed by atoms with van der Waals surface area (Å²) in [5, 5.41) is 2.64. The summed E-state index contributed by atoms with van der Waals surface area (Å²) < 4.78 is 9.44. The molecule has 0 heterocycles. The highest BCUT2D eigenvalue weighted by atomic mass is 16.5. The lowest BCUT2D eigenvalue weighted by Crippen LogP contribution is -2.24. The Morgan fingerprint density at radius 1 is 1.21 bits per heavy atom. The fourth-order valence-electron chi connectivity index (χ4n) is 1.21. The second-order valence-electron chi connectivity index (χ2n) is 4.16. The number of alkyl carbamates (subject to hydrolysis) is 1. The molecule has 1 rings (SSSR count). The third-order valence-corrected chi connectivity index (χ3v) is 2.26. The highest BCUT2D eigenvalue weighted by Gasteiger charge is 1.99. The van der Waals surface area contributed by atoms with Crippen molar-refractivity contribution in [1.29, 1.82) is 0 Å². The molecule has 24 heavy (non-hydrogen) atoms. The van der Waals surface area contributed by atoms with E-state index in [1.165, 1.54) is 6.08 Å². The molecule has 6 nitrogen and oxygen atoms in total. The van der Waals surface area contributed by atoms with Gasteiger partial charge in [-0.1, -0.05) is 63.8 Å². The van der Waals surface area contributed by atoms with Crippen LogP contribution in [0.15, 0.2) is 43.0 Å². The molecule has 1 amide bonds. The topological polar surface area (TPSA) is 90.6 Å². The molecule has 3 N–H and O–H groups in total. The lowest BCUT2D eigenvalue weighted by Gasteiger charge is -2.05. The normalized spacial score (nSPS) is 8.50. The van der Waals surface area contributed by atoms with Gasteiger partial charge in [0, 0.05) is 6.54 Å². The molecule has 0 aromatic heterocycles. The Morgan fingerprint density at radius 3 is 2.33 bits per heavy atom. The molecule has 0 bridgehead atoms. The van der Waals surface area contributed by atoms with E-state index in [4.69, 9.17) is 10.5 Å². The number of nitrogens with two attached hydrogens (primary N) is 1. The van der Waals surface area contributed by atoms with Crippen molar-refractivity contribution in [2.75, 3.05) is 19.7 Å². The maximum Gasteiger partial charge on any atom is 0.407 e. The van der Waals surface area contributed by atoms with Crippen LogP contribution in [0.5, 0.6) is 0 Å². The number of nitrogens with one attached hydrogen (secondary N) is 1. The van der Waals surface area contributed by atoms with Gasteiger partial charge in [-0.15, -0.1) is 0 Å². The van der Waals surface area contributed by atoms with Gasteiger partial charge in [0.05, 0.1) is 6.54 Å². The number of hydrogen-bond donors (Lipinski definition) is 2. The number of amides is 1. The van der Waals surface area contributed by atoms with Crippen LogP contribution in [0.1, 0.15) is 32.8 Å². The molecule has 0 saturated heterocycles. The molecule has 0 radical (unpaired) electrons. The number of carbonyl (C=O) groups is 2. The molecule has 6 heteroatoms. The average molecular weight is 338 g/mol. The second kappa shape index (κ2) is 18.7. The van der Waals surface area contributed by atoms with E-state index < -0.39 is 5.97 Å². The van der Waals surface area contributed by atoms with E-state index in [1.807, 2.05) is 51.1 Å². The number of hydrogen-bond acceptors (Lipinski definition) is 5. The summed E-state index contributed by atoms with van der Waals surface area (Å²) in [6.07, 6.45) is 2.06. The van der Waals surface area contributed by atoms with Crippen molar-refractivity contribution in [3.8, 4) is 0 Å². The Morgan fingerprint density at radius 2 is 1.83 bits per heavy atom. The summed E-state index contributed by atoms with van der Waals surface area (Å²) in [5.74, 6) is -0.398. The third-order valence-electron chi connectivity index (χ3n) is 2.26. The van der Waals surface area contributed by atoms with Crippen LogP contribution in [0.4, 0.5) is 4.79 Å². The standard InChI is InChI=1S/C11H15NO2.C5H9NO2.C2H6/c1-2-8-12-11(13)14-9-10-6-4-3-5-7-10;1-2-3-8-5(7)4-6;1-2/h3-7H,2,8-9H2,1H3,(H,12,13);2H,1,3-4,6H2;1-2H3. The molecule has 0 saturated carbocycles. The molecule has 0 atom stereocenters. The summed E-state index contributed by atoms with van der Waals surface area (Å²) in [6.45, 7) is 10.5. The van der Waals surface area contributed by atoms with Gasteiger partial charge in [-0.05, 0) is 12.0 Å². The monoisotopic (exact) mass is 338 g/mol. The molecule has 136 valence electrons. The van der Waals surface area contributed by atoms with E-state index in [0.717, 1.165) is 12.0 Å². The lowest BCUT2D eigenvalue weighted by atomic mass is 10.2. The Bertz CT molecular complexity index is 436. The molecular weight excluding hydrogens is 308 g/mol. The number of carbonyl (C=O) groups excluding carboxylic acids is 2. The molecule has 0 spiro atoms. The van der Waals surface area contributed by atoms with Crippen molar-refractivity contribution in [2.45, 2.75) is 33.8 Å². The number of ether oxygens (including phenoxy) is 2. The molecule has 0 fully saturated rings. The first-order valence-corrected chi connectivity index (χ1v) is 8.05. The first-order valence-electron chi connectivity index (χ1n) is 8.05. The van der Waals surface area contributed by atoms with Crippen LogP contribution in [-0.4, -0.2) is 31.8 Å². The molecule has 0 aliphatic heterocycles. The predicted octanol–water partition coefficient (Wildman–Crippen LogP) is 3.02. The summed E-state index contributed by atoms with van der Waals surface area (Å²) in [7, 11) is 0. The van der Waals surface area contributed by atoms with Crippen LogP contribution in [0.3, 0.4) is 0 Å². The zero-order chi connectivity index (χ0) is 18.6. The molecule has 0 aliphatic carbocycles. The van der Waals surface area contributed by atoms with Gasteiger partial charge < -0.3 is 20.5 Å². The molecule has 0 unspecified atom stereocenters. The minimum absolute atomic E-state index is 0.0617. The van der Waals surface area contributed by atoms with Crippen LogP contribution in [0.25, 0.3) is 0 Å². The summed E-state index contributed by atoms with van der Waals surface area (Å²) >= 11 is 0. The van der Waals surface area contributed by atoms with E-state index in [-0.39, 0.29) is 19.2 Å². The zero-order valence-corrected chi connectivity index (χ0v) is 14.9. The van der Waals surface area contributed by atoms with E-state index in [2.05, 4.69) is 16.6 Å². The van der Waals surface area contributed by atoms with Gasteiger partial charge in [0.25, 0.3) is 0 Å². The van der Waals surface area contributed by atoms with E-state index in [1.54, 1.807) is 0 Å². The smallest absolute Gasteiger partial charge is 0.407 e. The maximum atomic E-state index is 11.0. The predicted molar refractivity (Wildman–Crippen MR) is 96.5 cm³/mol. The van der Waals surface area contributed by atoms with Gasteiger partial charge in [-0.25, -0.2) is 4.79 Å². The highest BCUT2D eigenvalue weighted by molar-refractivity contribution is 5.71. The summed E-state index contributed by atoms with van der Waals surface area (Å²) in [6, 6.07) is 9.62. The highest BCUT2D eigenvalue weighted by Crippen LogP contribution is 2.00. The molecule has 1 aromatic rings. The fourth-order valence-corrected chi connectivity index (χ4v) is 1.21. The van der Waals surface area contributed by atoms with Crippen molar-refractivity contribution < 1.29 is 19.1 Å². The van der Waals surface area contributed by atoms with Crippen LogP contribution >= 0.6 is 0 Å². The van der Waals surface area contributed by atoms with Gasteiger partial charge in [0.1, 0.15) is 13.2 Å². The first-order chi connectivity index (χ1) is 11.6. The Balaban J connectivity index is 0. The van der Waals surface area contributed by atoms with Crippen LogP contribution < -0.4 is 11.1 Å². The van der Waals surface area contributed by atoms with Crippen molar-refractivity contribution >= 4 is 12.1 Å². The van der Waals surface area contributed by atoms with Gasteiger partial charge >= 0.3 is 12.1 Å². The molecule has 0 aliphatic rings. The van der Waals surface area contributed by atoms with Crippen LogP contribution in [0.2, 0.25) is 0 Å². The van der Waals surface area contributed by atoms with E-state index in [9.17, 15) is 9.59 Å².